The van der Waals surface area contributed by atoms with Crippen LogP contribution in [0.2, 0.25) is 0 Å². The van der Waals surface area contributed by atoms with Crippen molar-refractivity contribution in [3.8, 4) is 17.2 Å². The first-order chi connectivity index (χ1) is 12.8. The van der Waals surface area contributed by atoms with Gasteiger partial charge in [0.2, 0.25) is 12.7 Å². The number of fused-ring (bicyclic) bond motifs is 1. The molecule has 2 N–H and O–H groups in total. The lowest BCUT2D eigenvalue weighted by molar-refractivity contribution is 0.174. The van der Waals surface area contributed by atoms with Crippen LogP contribution >= 0.6 is 0 Å². The quantitative estimate of drug-likeness (QED) is 0.704. The number of methoxy groups -OCH3 is 1. The first-order valence-corrected chi connectivity index (χ1v) is 8.17. The van der Waals surface area contributed by atoms with Gasteiger partial charge in [0.25, 0.3) is 0 Å². The number of anilines is 3. The summed E-state index contributed by atoms with van der Waals surface area (Å²) in [6.45, 7) is 0.848. The molecule has 0 spiro atoms. The minimum atomic E-state index is 0.270. The molecule has 0 saturated carbocycles. The molecule has 0 unspecified atom stereocenters. The molecule has 0 bridgehead atoms. The van der Waals surface area contributed by atoms with E-state index >= 15 is 0 Å². The molecule has 0 aliphatic carbocycles. The third-order valence-corrected chi connectivity index (χ3v) is 3.91. The Balaban J connectivity index is 1.44. The fourth-order valence-electron chi connectivity index (χ4n) is 2.63. The summed E-state index contributed by atoms with van der Waals surface area (Å²) >= 11 is 0. The van der Waals surface area contributed by atoms with E-state index in [2.05, 4.69) is 20.6 Å². The van der Waals surface area contributed by atoms with Crippen LogP contribution in [-0.2, 0) is 6.54 Å². The molecular weight excluding hydrogens is 332 g/mol. The fraction of sp³-hybridized carbons (Fsp3) is 0.158. The third kappa shape index (κ3) is 3.46. The number of nitrogens with one attached hydrogen (secondary N) is 2. The zero-order chi connectivity index (χ0) is 17.8. The normalized spacial score (nSPS) is 11.9. The van der Waals surface area contributed by atoms with E-state index in [9.17, 15) is 0 Å². The summed E-state index contributed by atoms with van der Waals surface area (Å²) in [4.78, 5) is 8.75. The van der Waals surface area contributed by atoms with Crippen LogP contribution < -0.4 is 24.8 Å². The second kappa shape index (κ2) is 7.18. The summed E-state index contributed by atoms with van der Waals surface area (Å²) in [6.07, 6.45) is 1.70. The zero-order valence-electron chi connectivity index (χ0n) is 14.2. The van der Waals surface area contributed by atoms with Crippen molar-refractivity contribution in [2.75, 3.05) is 24.5 Å². The van der Waals surface area contributed by atoms with E-state index in [0.717, 1.165) is 28.5 Å². The van der Waals surface area contributed by atoms with Gasteiger partial charge in [0, 0.05) is 12.7 Å². The van der Waals surface area contributed by atoms with Gasteiger partial charge in [-0.25, -0.2) is 4.98 Å². The fourth-order valence-corrected chi connectivity index (χ4v) is 2.63. The second-order valence-corrected chi connectivity index (χ2v) is 5.63. The zero-order valence-corrected chi connectivity index (χ0v) is 14.2. The van der Waals surface area contributed by atoms with Crippen LogP contribution in [0.4, 0.5) is 17.5 Å². The molecule has 3 aromatic rings. The van der Waals surface area contributed by atoms with E-state index in [4.69, 9.17) is 14.2 Å². The Bertz CT molecular complexity index is 917. The van der Waals surface area contributed by atoms with Gasteiger partial charge in [0.15, 0.2) is 11.5 Å². The molecule has 1 aromatic heterocycles. The van der Waals surface area contributed by atoms with E-state index in [-0.39, 0.29) is 6.79 Å². The van der Waals surface area contributed by atoms with Crippen LogP contribution in [0.15, 0.2) is 54.7 Å². The molecule has 0 amide bonds. The van der Waals surface area contributed by atoms with Crippen molar-refractivity contribution in [2.24, 2.45) is 0 Å². The van der Waals surface area contributed by atoms with Crippen molar-refractivity contribution >= 4 is 17.5 Å². The predicted octanol–water partition coefficient (Wildman–Crippen LogP) is 3.57. The number of ether oxygens (including phenoxy) is 3. The molecule has 2 aromatic carbocycles. The molecule has 2 heterocycles. The van der Waals surface area contributed by atoms with Gasteiger partial charge in [0.1, 0.15) is 11.6 Å². The van der Waals surface area contributed by atoms with Crippen LogP contribution in [-0.4, -0.2) is 23.9 Å². The Labute approximate surface area is 151 Å². The lowest BCUT2D eigenvalue weighted by Gasteiger charge is -2.11. The Morgan fingerprint density at radius 1 is 1.08 bits per heavy atom. The summed E-state index contributed by atoms with van der Waals surface area (Å²) in [5.74, 6) is 3.49. The highest BCUT2D eigenvalue weighted by molar-refractivity contribution is 5.64. The highest BCUT2D eigenvalue weighted by Crippen LogP contribution is 2.32. The van der Waals surface area contributed by atoms with E-state index < -0.39 is 0 Å². The SMILES string of the molecule is COc1ccccc1Nc1ccnc(NCc2ccc3c(c2)OCO3)n1. The van der Waals surface area contributed by atoms with E-state index in [1.165, 1.54) is 0 Å². The van der Waals surface area contributed by atoms with Gasteiger partial charge >= 0.3 is 0 Å². The summed E-state index contributed by atoms with van der Waals surface area (Å²) in [6, 6.07) is 15.3. The molecule has 0 atom stereocenters. The van der Waals surface area contributed by atoms with E-state index in [1.54, 1.807) is 19.4 Å². The lowest BCUT2D eigenvalue weighted by atomic mass is 10.2. The number of hydrogen-bond acceptors (Lipinski definition) is 7. The second-order valence-electron chi connectivity index (χ2n) is 5.63. The molecule has 132 valence electrons. The standard InChI is InChI=1S/C19H18N4O3/c1-24-15-5-3-2-4-14(15)22-18-8-9-20-19(23-18)21-11-13-6-7-16-17(10-13)26-12-25-16/h2-10H,11-12H2,1H3,(H2,20,21,22,23). The van der Waals surface area contributed by atoms with Gasteiger partial charge < -0.3 is 24.8 Å². The highest BCUT2D eigenvalue weighted by atomic mass is 16.7. The summed E-state index contributed by atoms with van der Waals surface area (Å²) in [7, 11) is 1.64. The first kappa shape index (κ1) is 16.0. The van der Waals surface area contributed by atoms with Crippen molar-refractivity contribution < 1.29 is 14.2 Å². The molecular formula is C19H18N4O3. The van der Waals surface area contributed by atoms with Crippen molar-refractivity contribution in [3.05, 3.63) is 60.3 Å². The molecule has 1 aliphatic heterocycles. The molecule has 26 heavy (non-hydrogen) atoms. The van der Waals surface area contributed by atoms with Gasteiger partial charge in [-0.3, -0.25) is 0 Å². The summed E-state index contributed by atoms with van der Waals surface area (Å²) in [5, 5.41) is 6.46. The molecule has 1 aliphatic rings. The maximum absolute atomic E-state index is 5.40. The average molecular weight is 350 g/mol. The Hall–Kier alpha value is -3.48. The minimum Gasteiger partial charge on any atom is -0.495 e. The van der Waals surface area contributed by atoms with Gasteiger partial charge in [-0.2, -0.15) is 4.98 Å². The Morgan fingerprint density at radius 3 is 2.88 bits per heavy atom. The number of rotatable bonds is 6. The molecule has 0 fully saturated rings. The maximum atomic E-state index is 5.40. The number of para-hydroxylation sites is 2. The van der Waals surface area contributed by atoms with Crippen LogP contribution in [0.1, 0.15) is 5.56 Å². The van der Waals surface area contributed by atoms with E-state index in [1.807, 2.05) is 42.5 Å². The number of aromatic nitrogens is 2. The van der Waals surface area contributed by atoms with Gasteiger partial charge in [0.05, 0.1) is 12.8 Å². The van der Waals surface area contributed by atoms with Crippen LogP contribution in [0.25, 0.3) is 0 Å². The molecule has 4 rings (SSSR count). The molecule has 0 saturated heterocycles. The van der Waals surface area contributed by atoms with Gasteiger partial charge in [-0.05, 0) is 35.9 Å². The first-order valence-electron chi connectivity index (χ1n) is 8.17. The molecule has 7 heteroatoms. The Kier molecular flexibility index (Phi) is 4.42. The van der Waals surface area contributed by atoms with Crippen molar-refractivity contribution in [2.45, 2.75) is 6.54 Å². The van der Waals surface area contributed by atoms with Crippen LogP contribution in [0.3, 0.4) is 0 Å². The topological polar surface area (TPSA) is 77.5 Å². The minimum absolute atomic E-state index is 0.270. The third-order valence-electron chi connectivity index (χ3n) is 3.91. The van der Waals surface area contributed by atoms with E-state index in [0.29, 0.717) is 18.3 Å². The lowest BCUT2D eigenvalue weighted by Crippen LogP contribution is -2.05. The number of nitrogens with zero attached hydrogens (tertiary/aromatic N) is 2. The largest absolute Gasteiger partial charge is 0.495 e. The summed E-state index contributed by atoms with van der Waals surface area (Å²) < 4.78 is 16.1. The highest BCUT2D eigenvalue weighted by Gasteiger charge is 2.13. The van der Waals surface area contributed by atoms with Crippen molar-refractivity contribution in [1.82, 2.24) is 9.97 Å². The molecule has 0 radical (unpaired) electrons. The number of benzene rings is 2. The maximum Gasteiger partial charge on any atom is 0.231 e. The summed E-state index contributed by atoms with van der Waals surface area (Å²) in [5.41, 5.74) is 1.90. The smallest absolute Gasteiger partial charge is 0.231 e. The Morgan fingerprint density at radius 2 is 1.96 bits per heavy atom. The predicted molar refractivity (Wildman–Crippen MR) is 98.2 cm³/mol. The van der Waals surface area contributed by atoms with Crippen molar-refractivity contribution in [3.63, 3.8) is 0 Å². The monoisotopic (exact) mass is 350 g/mol. The van der Waals surface area contributed by atoms with Gasteiger partial charge in [-0.15, -0.1) is 0 Å². The van der Waals surface area contributed by atoms with Gasteiger partial charge in [-0.1, -0.05) is 18.2 Å². The van der Waals surface area contributed by atoms with Crippen LogP contribution in [0, 0.1) is 0 Å². The number of hydrogen-bond donors (Lipinski definition) is 2. The van der Waals surface area contributed by atoms with Crippen molar-refractivity contribution in [1.29, 1.82) is 0 Å². The average Bonchev–Trinajstić information content (AvgIpc) is 3.15. The molecule has 7 nitrogen and oxygen atoms in total. The van der Waals surface area contributed by atoms with Crippen LogP contribution in [0.5, 0.6) is 17.2 Å².